The van der Waals surface area contributed by atoms with E-state index in [1.54, 1.807) is 13.4 Å². The highest BCUT2D eigenvalue weighted by molar-refractivity contribution is 5.22. The molecular formula is C12H19NO3. The van der Waals surface area contributed by atoms with Crippen LogP contribution in [0.3, 0.4) is 0 Å². The van der Waals surface area contributed by atoms with Crippen LogP contribution in [-0.2, 0) is 11.3 Å². The van der Waals surface area contributed by atoms with E-state index in [1.807, 2.05) is 6.07 Å². The van der Waals surface area contributed by atoms with Gasteiger partial charge in [-0.25, -0.2) is 0 Å². The second-order valence-corrected chi connectivity index (χ2v) is 4.47. The number of methoxy groups -OCH3 is 1. The number of piperidine rings is 1. The number of rotatable bonds is 4. The summed E-state index contributed by atoms with van der Waals surface area (Å²) in [5, 5.41) is 3.32. The number of furan rings is 1. The monoisotopic (exact) mass is 225 g/mol. The molecule has 0 atom stereocenters. The third kappa shape index (κ3) is 2.57. The number of hydrogen-bond acceptors (Lipinski definition) is 4. The molecule has 1 aliphatic heterocycles. The van der Waals surface area contributed by atoms with Gasteiger partial charge in [-0.3, -0.25) is 0 Å². The van der Waals surface area contributed by atoms with Crippen LogP contribution in [0.2, 0.25) is 0 Å². The highest BCUT2D eigenvalue weighted by Crippen LogP contribution is 2.29. The molecule has 4 heteroatoms. The van der Waals surface area contributed by atoms with E-state index in [2.05, 4.69) is 12.2 Å². The number of nitrogens with one attached hydrogen (secondary N) is 1. The Balaban J connectivity index is 2.04. The first-order valence-electron chi connectivity index (χ1n) is 5.68. The summed E-state index contributed by atoms with van der Waals surface area (Å²) in [4.78, 5) is 0. The van der Waals surface area contributed by atoms with Crippen molar-refractivity contribution >= 4 is 0 Å². The van der Waals surface area contributed by atoms with Gasteiger partial charge in [-0.15, -0.1) is 0 Å². The van der Waals surface area contributed by atoms with E-state index in [4.69, 9.17) is 13.9 Å². The van der Waals surface area contributed by atoms with E-state index < -0.39 is 0 Å². The Morgan fingerprint density at radius 1 is 1.44 bits per heavy atom. The summed E-state index contributed by atoms with van der Waals surface area (Å²) >= 11 is 0. The summed E-state index contributed by atoms with van der Waals surface area (Å²) < 4.78 is 16.4. The quantitative estimate of drug-likeness (QED) is 0.850. The van der Waals surface area contributed by atoms with Crippen LogP contribution in [0, 0.1) is 0 Å². The normalized spacial score (nSPS) is 19.6. The van der Waals surface area contributed by atoms with Gasteiger partial charge in [0.15, 0.2) is 0 Å². The highest BCUT2D eigenvalue weighted by atomic mass is 16.6. The van der Waals surface area contributed by atoms with Crippen molar-refractivity contribution in [3.63, 3.8) is 0 Å². The minimum absolute atomic E-state index is 0.119. The first-order chi connectivity index (χ1) is 7.73. The maximum atomic E-state index is 5.98. The van der Waals surface area contributed by atoms with Gasteiger partial charge >= 0.3 is 0 Å². The first-order valence-corrected chi connectivity index (χ1v) is 5.68. The third-order valence-electron chi connectivity index (χ3n) is 3.01. The lowest BCUT2D eigenvalue weighted by Crippen LogP contribution is -2.43. The smallest absolute Gasteiger partial charge is 0.290 e. The zero-order chi connectivity index (χ0) is 11.4. The molecule has 0 amide bonds. The SMILES string of the molecule is COCc1ccoc1OC1(C)CCNCC1. The predicted octanol–water partition coefficient (Wildman–Crippen LogP) is 1.95. The van der Waals surface area contributed by atoms with Crippen LogP contribution >= 0.6 is 0 Å². The molecule has 0 aromatic carbocycles. The molecule has 0 radical (unpaired) electrons. The van der Waals surface area contributed by atoms with Gasteiger partial charge in [-0.1, -0.05) is 0 Å². The molecule has 0 aliphatic carbocycles. The fraction of sp³-hybridized carbons (Fsp3) is 0.667. The maximum absolute atomic E-state index is 5.98. The molecule has 1 N–H and O–H groups in total. The molecule has 1 aromatic heterocycles. The molecule has 1 aliphatic rings. The van der Waals surface area contributed by atoms with Crippen molar-refractivity contribution in [1.29, 1.82) is 0 Å². The number of ether oxygens (including phenoxy) is 2. The van der Waals surface area contributed by atoms with Crippen LogP contribution < -0.4 is 10.1 Å². The summed E-state index contributed by atoms with van der Waals surface area (Å²) in [6.45, 7) is 4.65. The lowest BCUT2D eigenvalue weighted by Gasteiger charge is -2.33. The third-order valence-corrected chi connectivity index (χ3v) is 3.01. The summed E-state index contributed by atoms with van der Waals surface area (Å²) in [5.74, 6) is 0.603. The molecule has 1 saturated heterocycles. The van der Waals surface area contributed by atoms with Crippen molar-refractivity contribution in [2.75, 3.05) is 20.2 Å². The summed E-state index contributed by atoms with van der Waals surface area (Å²) in [6, 6.07) is 1.89. The molecule has 0 saturated carbocycles. The Bertz CT molecular complexity index is 329. The minimum Gasteiger partial charge on any atom is -0.458 e. The fourth-order valence-corrected chi connectivity index (χ4v) is 1.96. The van der Waals surface area contributed by atoms with Crippen LogP contribution in [0.15, 0.2) is 16.7 Å². The second kappa shape index (κ2) is 4.89. The van der Waals surface area contributed by atoms with Crippen LogP contribution in [0.4, 0.5) is 0 Å². The largest absolute Gasteiger partial charge is 0.458 e. The summed E-state index contributed by atoms with van der Waals surface area (Å²) in [5.41, 5.74) is 0.855. The van der Waals surface area contributed by atoms with Gasteiger partial charge in [0.1, 0.15) is 5.60 Å². The Kier molecular flexibility index (Phi) is 3.51. The van der Waals surface area contributed by atoms with Crippen LogP contribution in [0.1, 0.15) is 25.3 Å². The number of hydrogen-bond donors (Lipinski definition) is 1. The van der Waals surface area contributed by atoms with Crippen molar-refractivity contribution in [3.8, 4) is 5.95 Å². The van der Waals surface area contributed by atoms with Gasteiger partial charge in [-0.05, 0) is 38.9 Å². The van der Waals surface area contributed by atoms with Gasteiger partial charge in [0.2, 0.25) is 0 Å². The minimum atomic E-state index is -0.119. The molecule has 0 spiro atoms. The summed E-state index contributed by atoms with van der Waals surface area (Å²) in [7, 11) is 1.67. The zero-order valence-corrected chi connectivity index (χ0v) is 9.91. The lowest BCUT2D eigenvalue weighted by molar-refractivity contribution is 0.0283. The van der Waals surface area contributed by atoms with E-state index in [1.165, 1.54) is 0 Å². The molecule has 0 bridgehead atoms. The molecule has 2 rings (SSSR count). The molecule has 1 fully saturated rings. The van der Waals surface area contributed by atoms with E-state index in [-0.39, 0.29) is 5.60 Å². The van der Waals surface area contributed by atoms with Gasteiger partial charge in [0, 0.05) is 7.11 Å². The van der Waals surface area contributed by atoms with Gasteiger partial charge in [0.05, 0.1) is 18.4 Å². The van der Waals surface area contributed by atoms with Crippen molar-refractivity contribution in [3.05, 3.63) is 17.9 Å². The molecular weight excluding hydrogens is 206 g/mol. The van der Waals surface area contributed by atoms with Crippen molar-refractivity contribution in [1.82, 2.24) is 5.32 Å². The molecule has 4 nitrogen and oxygen atoms in total. The highest BCUT2D eigenvalue weighted by Gasteiger charge is 2.30. The molecule has 90 valence electrons. The van der Waals surface area contributed by atoms with E-state index >= 15 is 0 Å². The Morgan fingerprint density at radius 3 is 2.88 bits per heavy atom. The standard InChI is InChI=1S/C12H19NO3/c1-12(4-6-13-7-5-12)16-11-10(9-14-2)3-8-15-11/h3,8,13H,4-7,9H2,1-2H3. The van der Waals surface area contributed by atoms with Crippen molar-refractivity contribution in [2.45, 2.75) is 32.0 Å². The van der Waals surface area contributed by atoms with Gasteiger partial charge in [-0.2, -0.15) is 0 Å². The van der Waals surface area contributed by atoms with Crippen LogP contribution in [0.25, 0.3) is 0 Å². The van der Waals surface area contributed by atoms with E-state index in [9.17, 15) is 0 Å². The Hall–Kier alpha value is -1.00. The van der Waals surface area contributed by atoms with Crippen molar-refractivity contribution < 1.29 is 13.9 Å². The summed E-state index contributed by atoms with van der Waals surface area (Å²) in [6.07, 6.45) is 3.65. The molecule has 0 unspecified atom stereocenters. The van der Waals surface area contributed by atoms with Crippen molar-refractivity contribution in [2.24, 2.45) is 0 Å². The average molecular weight is 225 g/mol. The first kappa shape index (κ1) is 11.5. The van der Waals surface area contributed by atoms with Crippen LogP contribution in [-0.4, -0.2) is 25.8 Å². The van der Waals surface area contributed by atoms with Gasteiger partial charge < -0.3 is 19.2 Å². The lowest BCUT2D eigenvalue weighted by atomic mass is 9.94. The van der Waals surface area contributed by atoms with Crippen LogP contribution in [0.5, 0.6) is 5.95 Å². The fourth-order valence-electron chi connectivity index (χ4n) is 1.96. The van der Waals surface area contributed by atoms with Gasteiger partial charge in [0.25, 0.3) is 5.95 Å². The Labute approximate surface area is 95.9 Å². The van der Waals surface area contributed by atoms with E-state index in [0.717, 1.165) is 31.5 Å². The average Bonchev–Trinajstić information content (AvgIpc) is 2.67. The predicted molar refractivity (Wildman–Crippen MR) is 60.6 cm³/mol. The zero-order valence-electron chi connectivity index (χ0n) is 9.91. The molecule has 16 heavy (non-hydrogen) atoms. The molecule has 2 heterocycles. The Morgan fingerprint density at radius 2 is 2.19 bits per heavy atom. The van der Waals surface area contributed by atoms with E-state index in [0.29, 0.717) is 12.6 Å². The molecule has 1 aromatic rings. The maximum Gasteiger partial charge on any atom is 0.290 e. The second-order valence-electron chi connectivity index (χ2n) is 4.47. The topological polar surface area (TPSA) is 43.6 Å².